The maximum Gasteiger partial charge on any atom is 0.335 e. The molecule has 7 heteroatoms. The van der Waals surface area contributed by atoms with Gasteiger partial charge in [0.2, 0.25) is 5.91 Å². The third-order valence-electron chi connectivity index (χ3n) is 3.14. The Bertz CT molecular complexity index is 586. The van der Waals surface area contributed by atoms with Crippen molar-refractivity contribution in [3.63, 3.8) is 0 Å². The third-order valence-corrected chi connectivity index (χ3v) is 3.81. The Kier molecular flexibility index (Phi) is 4.08. The number of ether oxygens (including phenoxy) is 1. The van der Waals surface area contributed by atoms with E-state index < -0.39 is 17.9 Å². The molecular weight excluding hydrogens is 330 g/mol. The molecule has 1 aromatic carbocycles. The first-order valence-corrected chi connectivity index (χ1v) is 6.64. The van der Waals surface area contributed by atoms with E-state index in [4.69, 9.17) is 5.11 Å². The lowest BCUT2D eigenvalue weighted by Gasteiger charge is -2.18. The Morgan fingerprint density at radius 1 is 1.45 bits per heavy atom. The first kappa shape index (κ1) is 14.5. The molecule has 0 radical (unpaired) electrons. The van der Waals surface area contributed by atoms with E-state index >= 15 is 0 Å². The summed E-state index contributed by atoms with van der Waals surface area (Å²) < 4.78 is 5.23. The van der Waals surface area contributed by atoms with E-state index in [-0.39, 0.29) is 24.4 Å². The summed E-state index contributed by atoms with van der Waals surface area (Å²) in [6.45, 7) is 0.188. The number of carbonyl (C=O) groups excluding carboxylic acids is 2. The molecule has 0 saturated carbocycles. The van der Waals surface area contributed by atoms with Crippen LogP contribution in [0.4, 0.5) is 5.69 Å². The van der Waals surface area contributed by atoms with Crippen molar-refractivity contribution in [2.45, 2.75) is 6.42 Å². The molecule has 1 fully saturated rings. The summed E-state index contributed by atoms with van der Waals surface area (Å²) >= 11 is 3.29. The van der Waals surface area contributed by atoms with E-state index in [9.17, 15) is 14.4 Å². The fourth-order valence-corrected chi connectivity index (χ4v) is 2.58. The number of carbonyl (C=O) groups is 3. The van der Waals surface area contributed by atoms with Crippen LogP contribution in [0, 0.1) is 5.92 Å². The predicted octanol–water partition coefficient (Wildman–Crippen LogP) is 1.67. The van der Waals surface area contributed by atoms with Crippen molar-refractivity contribution in [1.82, 2.24) is 0 Å². The van der Waals surface area contributed by atoms with E-state index in [1.807, 2.05) is 0 Å². The Morgan fingerprint density at radius 2 is 2.15 bits per heavy atom. The SMILES string of the molecule is COC(=O)C1CC(=O)N(c2cc(C(=O)O)ccc2Br)C1. The number of methoxy groups -OCH3 is 1. The van der Waals surface area contributed by atoms with Crippen molar-refractivity contribution in [2.75, 3.05) is 18.6 Å². The lowest BCUT2D eigenvalue weighted by atomic mass is 10.1. The van der Waals surface area contributed by atoms with E-state index in [2.05, 4.69) is 20.7 Å². The second-order valence-corrected chi connectivity index (χ2v) is 5.25. The number of esters is 1. The van der Waals surface area contributed by atoms with Gasteiger partial charge in [-0.25, -0.2) is 4.79 Å². The minimum Gasteiger partial charge on any atom is -0.478 e. The highest BCUT2D eigenvalue weighted by molar-refractivity contribution is 9.10. The van der Waals surface area contributed by atoms with Gasteiger partial charge in [-0.05, 0) is 34.1 Å². The van der Waals surface area contributed by atoms with E-state index in [0.29, 0.717) is 10.2 Å². The van der Waals surface area contributed by atoms with Gasteiger partial charge in [-0.1, -0.05) is 0 Å². The predicted molar refractivity (Wildman–Crippen MR) is 73.6 cm³/mol. The molecule has 1 unspecified atom stereocenters. The second-order valence-electron chi connectivity index (χ2n) is 4.40. The zero-order valence-electron chi connectivity index (χ0n) is 10.6. The number of nitrogens with zero attached hydrogens (tertiary/aromatic N) is 1. The average molecular weight is 342 g/mol. The number of rotatable bonds is 3. The van der Waals surface area contributed by atoms with Crippen LogP contribution in [0.15, 0.2) is 22.7 Å². The molecule has 20 heavy (non-hydrogen) atoms. The van der Waals surface area contributed by atoms with E-state index in [1.54, 1.807) is 6.07 Å². The summed E-state index contributed by atoms with van der Waals surface area (Å²) in [6.07, 6.45) is 0.0659. The zero-order chi connectivity index (χ0) is 14.9. The number of aromatic carboxylic acids is 1. The number of anilines is 1. The molecule has 1 atom stereocenters. The van der Waals surface area contributed by atoms with Gasteiger partial charge < -0.3 is 14.7 Å². The van der Waals surface area contributed by atoms with Crippen molar-refractivity contribution in [1.29, 1.82) is 0 Å². The van der Waals surface area contributed by atoms with Crippen molar-refractivity contribution in [3.8, 4) is 0 Å². The standard InChI is InChI=1S/C13H12BrNO5/c1-20-13(19)8-5-11(16)15(6-8)10-4-7(12(17)18)2-3-9(10)14/h2-4,8H,5-6H2,1H3,(H,17,18). The van der Waals surface area contributed by atoms with Crippen molar-refractivity contribution in [3.05, 3.63) is 28.2 Å². The number of amides is 1. The number of carboxylic acid groups (broad SMARTS) is 1. The van der Waals surface area contributed by atoms with Crippen molar-refractivity contribution in [2.24, 2.45) is 5.92 Å². The van der Waals surface area contributed by atoms with Crippen LogP contribution in [-0.4, -0.2) is 36.6 Å². The van der Waals surface area contributed by atoms with E-state index in [0.717, 1.165) is 0 Å². The van der Waals surface area contributed by atoms with Crippen molar-refractivity contribution < 1.29 is 24.2 Å². The molecule has 1 aliphatic heterocycles. The highest BCUT2D eigenvalue weighted by Gasteiger charge is 2.36. The molecule has 106 valence electrons. The lowest BCUT2D eigenvalue weighted by Crippen LogP contribution is -2.26. The molecule has 1 aliphatic rings. The van der Waals surface area contributed by atoms with Gasteiger partial charge in [0, 0.05) is 17.4 Å². The summed E-state index contributed by atoms with van der Waals surface area (Å²) in [6, 6.07) is 4.41. The van der Waals surface area contributed by atoms with Gasteiger partial charge in [-0.15, -0.1) is 0 Å². The summed E-state index contributed by atoms with van der Waals surface area (Å²) in [5.74, 6) is -2.27. The normalized spacial score (nSPS) is 18.2. The topological polar surface area (TPSA) is 83.9 Å². The summed E-state index contributed by atoms with van der Waals surface area (Å²) in [5.41, 5.74) is 0.527. The number of hydrogen-bond donors (Lipinski definition) is 1. The van der Waals surface area contributed by atoms with Crippen LogP contribution in [0.1, 0.15) is 16.8 Å². The van der Waals surface area contributed by atoms with E-state index in [1.165, 1.54) is 24.1 Å². The first-order chi connectivity index (χ1) is 9.43. The lowest BCUT2D eigenvalue weighted by molar-refractivity contribution is -0.145. The van der Waals surface area contributed by atoms with Gasteiger partial charge in [0.05, 0.1) is 24.3 Å². The second kappa shape index (κ2) is 5.62. The Hall–Kier alpha value is -1.89. The molecule has 1 N–H and O–H groups in total. The molecule has 0 spiro atoms. The largest absolute Gasteiger partial charge is 0.478 e. The number of carboxylic acids is 1. The van der Waals surface area contributed by atoms with Gasteiger partial charge in [0.15, 0.2) is 0 Å². The fourth-order valence-electron chi connectivity index (χ4n) is 2.12. The number of halogens is 1. The molecule has 1 amide bonds. The first-order valence-electron chi connectivity index (χ1n) is 5.85. The van der Waals surface area contributed by atoms with Gasteiger partial charge in [-0.3, -0.25) is 9.59 Å². The molecule has 1 heterocycles. The van der Waals surface area contributed by atoms with Gasteiger partial charge in [0.25, 0.3) is 0 Å². The maximum atomic E-state index is 12.0. The molecule has 0 aromatic heterocycles. The van der Waals surface area contributed by atoms with Gasteiger partial charge in [-0.2, -0.15) is 0 Å². The molecular formula is C13H12BrNO5. The van der Waals surface area contributed by atoms with Crippen LogP contribution in [0.3, 0.4) is 0 Å². The molecule has 0 aliphatic carbocycles. The van der Waals surface area contributed by atoms with Crippen LogP contribution in [-0.2, 0) is 14.3 Å². The monoisotopic (exact) mass is 341 g/mol. The molecule has 1 saturated heterocycles. The van der Waals surface area contributed by atoms with Crippen molar-refractivity contribution >= 4 is 39.5 Å². The highest BCUT2D eigenvalue weighted by atomic mass is 79.9. The Morgan fingerprint density at radius 3 is 2.75 bits per heavy atom. The maximum absolute atomic E-state index is 12.0. The summed E-state index contributed by atoms with van der Waals surface area (Å²) in [5, 5.41) is 8.99. The Balaban J connectivity index is 2.32. The average Bonchev–Trinajstić information content (AvgIpc) is 2.80. The molecule has 0 bridgehead atoms. The minimum atomic E-state index is -1.07. The highest BCUT2D eigenvalue weighted by Crippen LogP contribution is 2.32. The quantitative estimate of drug-likeness (QED) is 0.845. The van der Waals surface area contributed by atoms with Crippen LogP contribution in [0.5, 0.6) is 0 Å². The van der Waals surface area contributed by atoms with Crippen LogP contribution < -0.4 is 4.90 Å². The Labute approximate surface area is 123 Å². The molecule has 2 rings (SSSR count). The fraction of sp³-hybridized carbons (Fsp3) is 0.308. The molecule has 1 aromatic rings. The van der Waals surface area contributed by atoms with Gasteiger partial charge in [0.1, 0.15) is 0 Å². The van der Waals surface area contributed by atoms with Gasteiger partial charge >= 0.3 is 11.9 Å². The molecule has 6 nitrogen and oxygen atoms in total. The number of benzene rings is 1. The zero-order valence-corrected chi connectivity index (χ0v) is 12.2. The summed E-state index contributed by atoms with van der Waals surface area (Å²) in [4.78, 5) is 35.9. The van der Waals surface area contributed by atoms with Crippen LogP contribution in [0.25, 0.3) is 0 Å². The number of hydrogen-bond acceptors (Lipinski definition) is 4. The minimum absolute atomic E-state index is 0.0659. The van der Waals surface area contributed by atoms with Crippen LogP contribution in [0.2, 0.25) is 0 Å². The smallest absolute Gasteiger partial charge is 0.335 e. The van der Waals surface area contributed by atoms with Crippen LogP contribution >= 0.6 is 15.9 Å². The summed E-state index contributed by atoms with van der Waals surface area (Å²) in [7, 11) is 1.27. The third kappa shape index (κ3) is 2.67.